The van der Waals surface area contributed by atoms with Crippen LogP contribution in [0, 0.1) is 6.92 Å². The lowest BCUT2D eigenvalue weighted by Gasteiger charge is -2.16. The molecule has 0 saturated heterocycles. The summed E-state index contributed by atoms with van der Waals surface area (Å²) in [7, 11) is 0. The van der Waals surface area contributed by atoms with E-state index in [-0.39, 0.29) is 0 Å². The topological polar surface area (TPSA) is 37.8 Å². The highest BCUT2D eigenvalue weighted by Gasteiger charge is 2.11. The largest absolute Gasteiger partial charge is 0.312 e. The van der Waals surface area contributed by atoms with Gasteiger partial charge in [-0.05, 0) is 12.5 Å². The van der Waals surface area contributed by atoms with E-state index in [1.54, 1.807) is 0 Å². The van der Waals surface area contributed by atoms with Crippen LogP contribution < -0.4 is 5.32 Å². The van der Waals surface area contributed by atoms with Gasteiger partial charge in [0, 0.05) is 43.4 Å². The fourth-order valence-electron chi connectivity index (χ4n) is 2.37. The summed E-state index contributed by atoms with van der Waals surface area (Å²) < 4.78 is 0. The standard InChI is InChI=1S/C15H17N3/c1-11-3-2-4-12(7-11)8-15-17-10-13-9-16-6-5-14(13)18-15/h2-4,7,10,16H,5-6,8-9H2,1H3. The number of hydrogen-bond donors (Lipinski definition) is 1. The van der Waals surface area contributed by atoms with Crippen molar-refractivity contribution in [3.05, 3.63) is 58.7 Å². The van der Waals surface area contributed by atoms with Crippen molar-refractivity contribution >= 4 is 0 Å². The van der Waals surface area contributed by atoms with Gasteiger partial charge in [0.2, 0.25) is 0 Å². The summed E-state index contributed by atoms with van der Waals surface area (Å²) in [6, 6.07) is 8.54. The van der Waals surface area contributed by atoms with Gasteiger partial charge < -0.3 is 5.32 Å². The van der Waals surface area contributed by atoms with E-state index in [4.69, 9.17) is 0 Å². The van der Waals surface area contributed by atoms with E-state index in [0.717, 1.165) is 31.8 Å². The highest BCUT2D eigenvalue weighted by Crippen LogP contribution is 2.13. The normalized spacial score (nSPS) is 14.3. The number of nitrogens with one attached hydrogen (secondary N) is 1. The highest BCUT2D eigenvalue weighted by molar-refractivity contribution is 5.26. The van der Waals surface area contributed by atoms with Crippen molar-refractivity contribution in [1.29, 1.82) is 0 Å². The summed E-state index contributed by atoms with van der Waals surface area (Å²) in [6.07, 6.45) is 3.81. The first-order valence-corrected chi connectivity index (χ1v) is 6.41. The van der Waals surface area contributed by atoms with Crippen molar-refractivity contribution in [3.8, 4) is 0 Å². The highest BCUT2D eigenvalue weighted by atomic mass is 14.9. The third-order valence-corrected chi connectivity index (χ3v) is 3.30. The SMILES string of the molecule is Cc1cccc(Cc2ncc3c(n2)CCNC3)c1. The van der Waals surface area contributed by atoms with Crippen LogP contribution in [0.4, 0.5) is 0 Å². The molecule has 3 heteroatoms. The molecule has 0 spiro atoms. The maximum absolute atomic E-state index is 4.69. The summed E-state index contributed by atoms with van der Waals surface area (Å²) in [4.78, 5) is 9.15. The maximum atomic E-state index is 4.69. The van der Waals surface area contributed by atoms with Crippen molar-refractivity contribution in [1.82, 2.24) is 15.3 Å². The van der Waals surface area contributed by atoms with Gasteiger partial charge in [-0.2, -0.15) is 0 Å². The van der Waals surface area contributed by atoms with Gasteiger partial charge >= 0.3 is 0 Å². The number of fused-ring (bicyclic) bond motifs is 1. The first kappa shape index (κ1) is 11.4. The third kappa shape index (κ3) is 2.41. The van der Waals surface area contributed by atoms with Crippen molar-refractivity contribution in [2.45, 2.75) is 26.3 Å². The van der Waals surface area contributed by atoms with Gasteiger partial charge in [0.05, 0.1) is 0 Å². The molecule has 0 radical (unpaired) electrons. The average Bonchev–Trinajstić information content (AvgIpc) is 2.39. The number of nitrogens with zero attached hydrogens (tertiary/aromatic N) is 2. The van der Waals surface area contributed by atoms with Gasteiger partial charge in [0.15, 0.2) is 0 Å². The van der Waals surface area contributed by atoms with Crippen LogP contribution >= 0.6 is 0 Å². The van der Waals surface area contributed by atoms with Gasteiger partial charge in [0.1, 0.15) is 5.82 Å². The van der Waals surface area contributed by atoms with Crippen LogP contribution in [0.15, 0.2) is 30.5 Å². The molecule has 0 unspecified atom stereocenters. The molecule has 0 bridgehead atoms. The van der Waals surface area contributed by atoms with E-state index in [2.05, 4.69) is 46.5 Å². The van der Waals surface area contributed by atoms with Crippen LogP contribution in [0.25, 0.3) is 0 Å². The summed E-state index contributed by atoms with van der Waals surface area (Å²) in [5, 5.41) is 3.34. The predicted octanol–water partition coefficient (Wildman–Crippen LogP) is 2.02. The molecule has 3 nitrogen and oxygen atoms in total. The molecule has 1 aliphatic heterocycles. The minimum atomic E-state index is 0.822. The molecular formula is C15H17N3. The van der Waals surface area contributed by atoms with Crippen LogP contribution in [0.1, 0.15) is 28.2 Å². The second-order valence-corrected chi connectivity index (χ2v) is 4.85. The number of hydrogen-bond acceptors (Lipinski definition) is 3. The Morgan fingerprint density at radius 2 is 2.28 bits per heavy atom. The van der Waals surface area contributed by atoms with Crippen LogP contribution in [0.2, 0.25) is 0 Å². The quantitative estimate of drug-likeness (QED) is 0.871. The second kappa shape index (κ2) is 4.86. The Kier molecular flexibility index (Phi) is 3.07. The molecule has 1 aliphatic rings. The first-order valence-electron chi connectivity index (χ1n) is 6.41. The molecule has 0 saturated carbocycles. The Morgan fingerprint density at radius 1 is 1.33 bits per heavy atom. The van der Waals surface area contributed by atoms with Crippen molar-refractivity contribution in [2.24, 2.45) is 0 Å². The number of benzene rings is 1. The summed E-state index contributed by atoms with van der Waals surface area (Å²) in [6.45, 7) is 4.04. The van der Waals surface area contributed by atoms with E-state index in [9.17, 15) is 0 Å². The molecule has 1 N–H and O–H groups in total. The van der Waals surface area contributed by atoms with Gasteiger partial charge in [-0.1, -0.05) is 29.8 Å². The van der Waals surface area contributed by atoms with E-state index >= 15 is 0 Å². The molecule has 2 heterocycles. The number of aromatic nitrogens is 2. The minimum absolute atomic E-state index is 0.822. The monoisotopic (exact) mass is 239 g/mol. The molecule has 1 aromatic heterocycles. The number of rotatable bonds is 2. The Morgan fingerprint density at radius 3 is 3.17 bits per heavy atom. The van der Waals surface area contributed by atoms with E-state index in [1.807, 2.05) is 6.20 Å². The van der Waals surface area contributed by atoms with Crippen molar-refractivity contribution in [3.63, 3.8) is 0 Å². The lowest BCUT2D eigenvalue weighted by Crippen LogP contribution is -2.25. The summed E-state index contributed by atoms with van der Waals surface area (Å²) in [5.74, 6) is 0.932. The molecule has 3 rings (SSSR count). The van der Waals surface area contributed by atoms with Crippen molar-refractivity contribution < 1.29 is 0 Å². The average molecular weight is 239 g/mol. The first-order chi connectivity index (χ1) is 8.81. The maximum Gasteiger partial charge on any atom is 0.132 e. The molecular weight excluding hydrogens is 222 g/mol. The smallest absolute Gasteiger partial charge is 0.132 e. The molecule has 0 aliphatic carbocycles. The van der Waals surface area contributed by atoms with E-state index in [1.165, 1.54) is 22.4 Å². The summed E-state index contributed by atoms with van der Waals surface area (Å²) >= 11 is 0. The molecule has 0 atom stereocenters. The van der Waals surface area contributed by atoms with E-state index < -0.39 is 0 Å². The Balaban J connectivity index is 1.85. The molecule has 1 aromatic carbocycles. The lowest BCUT2D eigenvalue weighted by molar-refractivity contribution is 0.621. The molecule has 92 valence electrons. The fourth-order valence-corrected chi connectivity index (χ4v) is 2.37. The fraction of sp³-hybridized carbons (Fsp3) is 0.333. The Labute approximate surface area is 107 Å². The Bertz CT molecular complexity index is 563. The van der Waals surface area contributed by atoms with Crippen molar-refractivity contribution in [2.75, 3.05) is 6.54 Å². The van der Waals surface area contributed by atoms with Gasteiger partial charge in [-0.25, -0.2) is 9.97 Å². The predicted molar refractivity (Wildman–Crippen MR) is 71.4 cm³/mol. The zero-order valence-electron chi connectivity index (χ0n) is 10.6. The van der Waals surface area contributed by atoms with Gasteiger partial charge in [0.25, 0.3) is 0 Å². The molecule has 2 aromatic rings. The Hall–Kier alpha value is -1.74. The second-order valence-electron chi connectivity index (χ2n) is 4.85. The lowest BCUT2D eigenvalue weighted by atomic mass is 10.1. The summed E-state index contributed by atoms with van der Waals surface area (Å²) in [5.41, 5.74) is 5.03. The van der Waals surface area contributed by atoms with Crippen LogP contribution in [0.3, 0.4) is 0 Å². The zero-order chi connectivity index (χ0) is 12.4. The van der Waals surface area contributed by atoms with E-state index in [0.29, 0.717) is 0 Å². The molecule has 0 amide bonds. The van der Waals surface area contributed by atoms with Gasteiger partial charge in [-0.15, -0.1) is 0 Å². The molecule has 18 heavy (non-hydrogen) atoms. The van der Waals surface area contributed by atoms with Crippen LogP contribution in [-0.2, 0) is 19.4 Å². The minimum Gasteiger partial charge on any atom is -0.312 e. The van der Waals surface area contributed by atoms with Gasteiger partial charge in [-0.3, -0.25) is 0 Å². The van der Waals surface area contributed by atoms with Crippen LogP contribution in [-0.4, -0.2) is 16.5 Å². The number of aryl methyl sites for hydroxylation is 1. The zero-order valence-corrected chi connectivity index (χ0v) is 10.6. The van der Waals surface area contributed by atoms with Crippen LogP contribution in [0.5, 0.6) is 0 Å². The molecule has 0 fully saturated rings. The third-order valence-electron chi connectivity index (χ3n) is 3.30.